The van der Waals surface area contributed by atoms with Crippen molar-refractivity contribution < 1.29 is 4.74 Å². The van der Waals surface area contributed by atoms with Crippen molar-refractivity contribution in [3.05, 3.63) is 0 Å². The van der Waals surface area contributed by atoms with Crippen LogP contribution in [0.4, 0.5) is 0 Å². The van der Waals surface area contributed by atoms with Crippen LogP contribution in [0.5, 0.6) is 0 Å². The molecule has 0 amide bonds. The van der Waals surface area contributed by atoms with Gasteiger partial charge in [-0.1, -0.05) is 13.8 Å². The summed E-state index contributed by atoms with van der Waals surface area (Å²) >= 11 is 0. The van der Waals surface area contributed by atoms with Gasteiger partial charge in [-0.15, -0.1) is 0 Å². The van der Waals surface area contributed by atoms with Crippen molar-refractivity contribution in [3.63, 3.8) is 0 Å². The van der Waals surface area contributed by atoms with Gasteiger partial charge in [-0.3, -0.25) is 4.90 Å². The quantitative estimate of drug-likeness (QED) is 0.729. The van der Waals surface area contributed by atoms with Crippen LogP contribution in [0.1, 0.15) is 33.1 Å². The molecule has 0 saturated carbocycles. The Morgan fingerprint density at radius 1 is 1.53 bits per heavy atom. The van der Waals surface area contributed by atoms with E-state index in [0.29, 0.717) is 6.04 Å². The van der Waals surface area contributed by atoms with Gasteiger partial charge in [0.05, 0.1) is 25.3 Å². The molecule has 0 aromatic rings. The van der Waals surface area contributed by atoms with Gasteiger partial charge >= 0.3 is 0 Å². The zero-order valence-electron chi connectivity index (χ0n) is 11.1. The predicted molar refractivity (Wildman–Crippen MR) is 68.8 cm³/mol. The predicted octanol–water partition coefficient (Wildman–Crippen LogP) is 1.38. The number of nitrogens with zero attached hydrogens (tertiary/aromatic N) is 2. The molecule has 1 fully saturated rings. The minimum atomic E-state index is -0.00435. The average Bonchev–Trinajstić information content (AvgIpc) is 2.39. The van der Waals surface area contributed by atoms with E-state index in [0.717, 1.165) is 52.1 Å². The summed E-state index contributed by atoms with van der Waals surface area (Å²) in [5.74, 6) is 0. The van der Waals surface area contributed by atoms with Crippen LogP contribution in [-0.2, 0) is 4.74 Å². The number of nitrogens with one attached hydrogen (secondary N) is 1. The first-order valence-electron chi connectivity index (χ1n) is 6.76. The smallest absolute Gasteiger partial charge is 0.0965 e. The van der Waals surface area contributed by atoms with Crippen molar-refractivity contribution in [2.24, 2.45) is 0 Å². The minimum absolute atomic E-state index is 0.00435. The third-order valence-electron chi connectivity index (χ3n) is 3.32. The van der Waals surface area contributed by atoms with Crippen LogP contribution in [0.3, 0.4) is 0 Å². The first-order chi connectivity index (χ1) is 8.31. The normalized spacial score (nSPS) is 23.2. The fraction of sp³-hybridized carbons (Fsp3) is 0.923. The Labute approximate surface area is 105 Å². The summed E-state index contributed by atoms with van der Waals surface area (Å²) in [7, 11) is 0. The van der Waals surface area contributed by atoms with Crippen molar-refractivity contribution in [2.75, 3.05) is 32.8 Å². The topological polar surface area (TPSA) is 48.3 Å². The molecule has 0 aliphatic carbocycles. The molecular formula is C13H25N3O. The highest BCUT2D eigenvalue weighted by atomic mass is 16.5. The van der Waals surface area contributed by atoms with Gasteiger partial charge < -0.3 is 10.1 Å². The van der Waals surface area contributed by atoms with E-state index < -0.39 is 0 Å². The Balaban J connectivity index is 2.29. The molecule has 4 nitrogen and oxygen atoms in total. The van der Waals surface area contributed by atoms with Gasteiger partial charge in [0.2, 0.25) is 0 Å². The molecule has 0 aromatic carbocycles. The number of rotatable bonds is 7. The maximum absolute atomic E-state index is 9.05. The monoisotopic (exact) mass is 239 g/mol. The number of ether oxygens (including phenoxy) is 1. The van der Waals surface area contributed by atoms with Crippen molar-refractivity contribution >= 4 is 0 Å². The van der Waals surface area contributed by atoms with E-state index in [1.54, 1.807) is 0 Å². The summed E-state index contributed by atoms with van der Waals surface area (Å²) in [6.07, 6.45) is 3.11. The Morgan fingerprint density at radius 3 is 3.00 bits per heavy atom. The lowest BCUT2D eigenvalue weighted by Gasteiger charge is -2.35. The maximum atomic E-state index is 9.05. The minimum Gasteiger partial charge on any atom is -0.378 e. The van der Waals surface area contributed by atoms with E-state index >= 15 is 0 Å². The number of morpholine rings is 1. The zero-order valence-corrected chi connectivity index (χ0v) is 11.1. The van der Waals surface area contributed by atoms with E-state index in [2.05, 4.69) is 30.1 Å². The summed E-state index contributed by atoms with van der Waals surface area (Å²) in [6, 6.07) is 2.87. The highest BCUT2D eigenvalue weighted by Gasteiger charge is 2.21. The summed E-state index contributed by atoms with van der Waals surface area (Å²) in [4.78, 5) is 2.46. The lowest BCUT2D eigenvalue weighted by Crippen LogP contribution is -2.46. The standard InChI is InChI=1S/C13H25N3O/c1-3-6-15-12(10-14)5-7-16-8-9-17-11-13(16)4-2/h12-13,15H,3-9,11H2,1-2H3. The summed E-state index contributed by atoms with van der Waals surface area (Å²) < 4.78 is 5.48. The van der Waals surface area contributed by atoms with E-state index in [-0.39, 0.29) is 6.04 Å². The second kappa shape index (κ2) is 8.46. The van der Waals surface area contributed by atoms with Crippen molar-refractivity contribution in [3.8, 4) is 6.07 Å². The molecule has 1 N–H and O–H groups in total. The van der Waals surface area contributed by atoms with Crippen LogP contribution >= 0.6 is 0 Å². The van der Waals surface area contributed by atoms with Crippen molar-refractivity contribution in [1.82, 2.24) is 10.2 Å². The molecular weight excluding hydrogens is 214 g/mol. The lowest BCUT2D eigenvalue weighted by molar-refractivity contribution is -0.00946. The molecule has 0 bridgehead atoms. The van der Waals surface area contributed by atoms with E-state index in [1.807, 2.05) is 0 Å². The van der Waals surface area contributed by atoms with E-state index in [1.165, 1.54) is 0 Å². The number of hydrogen-bond acceptors (Lipinski definition) is 4. The van der Waals surface area contributed by atoms with Gasteiger partial charge in [-0.2, -0.15) is 5.26 Å². The van der Waals surface area contributed by atoms with Crippen LogP contribution in [0.15, 0.2) is 0 Å². The molecule has 0 aromatic heterocycles. The van der Waals surface area contributed by atoms with Gasteiger partial charge in [0.1, 0.15) is 0 Å². The highest BCUT2D eigenvalue weighted by Crippen LogP contribution is 2.11. The molecule has 0 radical (unpaired) electrons. The molecule has 1 heterocycles. The van der Waals surface area contributed by atoms with Gasteiger partial charge in [0.25, 0.3) is 0 Å². The Hall–Kier alpha value is -0.630. The number of nitriles is 1. The summed E-state index contributed by atoms with van der Waals surface area (Å²) in [6.45, 7) is 8.92. The molecule has 98 valence electrons. The third-order valence-corrected chi connectivity index (χ3v) is 3.32. The molecule has 4 heteroatoms. The maximum Gasteiger partial charge on any atom is 0.0965 e. The van der Waals surface area contributed by atoms with Gasteiger partial charge in [0.15, 0.2) is 0 Å². The Bertz CT molecular complexity index is 239. The molecule has 2 unspecified atom stereocenters. The van der Waals surface area contributed by atoms with E-state index in [9.17, 15) is 0 Å². The third kappa shape index (κ3) is 5.03. The van der Waals surface area contributed by atoms with Crippen LogP contribution < -0.4 is 5.32 Å². The second-order valence-corrected chi connectivity index (χ2v) is 4.60. The molecule has 2 atom stereocenters. The van der Waals surface area contributed by atoms with Gasteiger partial charge in [-0.25, -0.2) is 0 Å². The Morgan fingerprint density at radius 2 is 2.35 bits per heavy atom. The fourth-order valence-corrected chi connectivity index (χ4v) is 2.19. The molecule has 1 aliphatic rings. The molecule has 1 saturated heterocycles. The second-order valence-electron chi connectivity index (χ2n) is 4.60. The van der Waals surface area contributed by atoms with Gasteiger partial charge in [0, 0.05) is 19.1 Å². The van der Waals surface area contributed by atoms with E-state index in [4.69, 9.17) is 10.00 Å². The van der Waals surface area contributed by atoms with Crippen LogP contribution in [0, 0.1) is 11.3 Å². The fourth-order valence-electron chi connectivity index (χ4n) is 2.19. The lowest BCUT2D eigenvalue weighted by atomic mass is 10.1. The van der Waals surface area contributed by atoms with Crippen LogP contribution in [0.25, 0.3) is 0 Å². The van der Waals surface area contributed by atoms with Crippen LogP contribution in [0.2, 0.25) is 0 Å². The van der Waals surface area contributed by atoms with Gasteiger partial charge in [-0.05, 0) is 25.8 Å². The van der Waals surface area contributed by atoms with Crippen molar-refractivity contribution in [2.45, 2.75) is 45.2 Å². The Kier molecular flexibility index (Phi) is 7.18. The average molecular weight is 239 g/mol. The summed E-state index contributed by atoms with van der Waals surface area (Å²) in [5, 5.41) is 12.3. The first-order valence-corrected chi connectivity index (χ1v) is 6.76. The number of hydrogen-bond donors (Lipinski definition) is 1. The zero-order chi connectivity index (χ0) is 12.5. The molecule has 17 heavy (non-hydrogen) atoms. The molecule has 1 rings (SSSR count). The highest BCUT2D eigenvalue weighted by molar-refractivity contribution is 4.90. The van der Waals surface area contributed by atoms with Crippen LogP contribution in [-0.4, -0.2) is 49.8 Å². The largest absolute Gasteiger partial charge is 0.378 e. The SMILES string of the molecule is CCCNC(C#N)CCN1CCOCC1CC. The van der Waals surface area contributed by atoms with Crippen molar-refractivity contribution in [1.29, 1.82) is 5.26 Å². The molecule has 1 aliphatic heterocycles. The molecule has 0 spiro atoms. The first kappa shape index (κ1) is 14.4. The summed E-state index contributed by atoms with van der Waals surface area (Å²) in [5.41, 5.74) is 0.